The van der Waals surface area contributed by atoms with Gasteiger partial charge in [0, 0.05) is 37.8 Å². The molecule has 0 saturated carbocycles. The highest BCUT2D eigenvalue weighted by atomic mass is 16.5. The lowest BCUT2D eigenvalue weighted by Crippen LogP contribution is -2.27. The zero-order valence-corrected chi connectivity index (χ0v) is 17.0. The van der Waals surface area contributed by atoms with Gasteiger partial charge in [0.1, 0.15) is 11.6 Å². The fraction of sp³-hybridized carbons (Fsp3) is 0.348. The number of hydrogen-bond acceptors (Lipinski definition) is 5. The number of likely N-dealkylation sites (tertiary alicyclic amines) is 1. The monoisotopic (exact) mass is 403 g/mol. The van der Waals surface area contributed by atoms with E-state index in [1.54, 1.807) is 7.11 Å². The van der Waals surface area contributed by atoms with Gasteiger partial charge >= 0.3 is 0 Å². The minimum absolute atomic E-state index is 0.204. The normalized spacial score (nSPS) is 20.4. The summed E-state index contributed by atoms with van der Waals surface area (Å²) in [5.41, 5.74) is 2.01. The third-order valence-electron chi connectivity index (χ3n) is 6.13. The number of nitrogens with zero attached hydrogens (tertiary/aromatic N) is 4. The summed E-state index contributed by atoms with van der Waals surface area (Å²) in [5.74, 6) is 2.89. The molecule has 2 aromatic carbocycles. The van der Waals surface area contributed by atoms with E-state index in [1.807, 2.05) is 47.0 Å². The molecule has 2 atom stereocenters. The van der Waals surface area contributed by atoms with Crippen LogP contribution in [0.25, 0.3) is 0 Å². The Balaban J connectivity index is 1.31. The molecule has 0 unspecified atom stereocenters. The predicted molar refractivity (Wildman–Crippen MR) is 114 cm³/mol. The van der Waals surface area contributed by atoms with Crippen molar-refractivity contribution in [3.8, 4) is 5.75 Å². The van der Waals surface area contributed by atoms with Crippen LogP contribution in [0.1, 0.15) is 34.3 Å². The average molecular weight is 403 g/mol. The van der Waals surface area contributed by atoms with Gasteiger partial charge in [0.05, 0.1) is 7.11 Å². The van der Waals surface area contributed by atoms with Crippen molar-refractivity contribution >= 4 is 11.6 Å². The molecule has 1 fully saturated rings. The van der Waals surface area contributed by atoms with Gasteiger partial charge in [0.15, 0.2) is 0 Å². The molecule has 0 spiro atoms. The first-order valence-electron chi connectivity index (χ1n) is 10.4. The Morgan fingerprint density at radius 2 is 2.00 bits per heavy atom. The van der Waals surface area contributed by atoms with Gasteiger partial charge in [-0.15, -0.1) is 10.2 Å². The second kappa shape index (κ2) is 7.91. The van der Waals surface area contributed by atoms with Gasteiger partial charge in [0.2, 0.25) is 5.82 Å². The number of fused-ring (bicyclic) bond motifs is 3. The number of benzene rings is 2. The third-order valence-corrected chi connectivity index (χ3v) is 6.13. The molecule has 0 radical (unpaired) electrons. The summed E-state index contributed by atoms with van der Waals surface area (Å²) in [5, 5.41) is 11.6. The fourth-order valence-electron chi connectivity index (χ4n) is 4.68. The lowest BCUT2D eigenvalue weighted by Gasteiger charge is -2.25. The minimum Gasteiger partial charge on any atom is -0.497 e. The summed E-state index contributed by atoms with van der Waals surface area (Å²) in [6.45, 7) is 3.65. The Bertz CT molecular complexity index is 1050. The first kappa shape index (κ1) is 18.8. The van der Waals surface area contributed by atoms with Crippen LogP contribution < -0.4 is 10.1 Å². The topological polar surface area (TPSA) is 72.3 Å². The number of methoxy groups -OCH3 is 1. The quantitative estimate of drug-likeness (QED) is 0.709. The summed E-state index contributed by atoms with van der Waals surface area (Å²) < 4.78 is 7.36. The van der Waals surface area contributed by atoms with E-state index < -0.39 is 0 Å². The number of aromatic nitrogens is 3. The molecule has 2 aliphatic heterocycles. The number of amides is 1. The Hall–Kier alpha value is -3.19. The van der Waals surface area contributed by atoms with Gasteiger partial charge < -0.3 is 14.6 Å². The molecular weight excluding hydrogens is 378 g/mol. The molecule has 1 N–H and O–H groups in total. The van der Waals surface area contributed by atoms with Gasteiger partial charge in [-0.25, -0.2) is 0 Å². The number of carbonyl (C=O) groups is 1. The molecule has 1 amide bonds. The van der Waals surface area contributed by atoms with E-state index in [2.05, 4.69) is 32.5 Å². The van der Waals surface area contributed by atoms with E-state index in [1.165, 1.54) is 5.56 Å². The SMILES string of the molecule is COc1cccc(CN2C[C@@H]3CCn4c(C(=O)Nc5ccccc5)nnc4[C@@H]3C2)c1. The second-order valence-electron chi connectivity index (χ2n) is 8.05. The number of hydrogen-bond donors (Lipinski definition) is 1. The summed E-state index contributed by atoms with van der Waals surface area (Å²) in [4.78, 5) is 15.2. The Morgan fingerprint density at radius 1 is 1.13 bits per heavy atom. The van der Waals surface area contributed by atoms with E-state index in [-0.39, 0.29) is 5.91 Å². The summed E-state index contributed by atoms with van der Waals surface area (Å²) in [6, 6.07) is 17.7. The molecular formula is C23H25N5O2. The average Bonchev–Trinajstić information content (AvgIpc) is 3.38. The Kier molecular flexibility index (Phi) is 4.96. The van der Waals surface area contributed by atoms with Crippen LogP contribution in [-0.4, -0.2) is 45.8 Å². The lowest BCUT2D eigenvalue weighted by molar-refractivity contribution is 0.101. The maximum atomic E-state index is 12.7. The molecule has 0 bridgehead atoms. The summed E-state index contributed by atoms with van der Waals surface area (Å²) in [7, 11) is 1.70. The highest BCUT2D eigenvalue weighted by Gasteiger charge is 2.40. The summed E-state index contributed by atoms with van der Waals surface area (Å²) >= 11 is 0. The molecule has 2 aliphatic rings. The van der Waals surface area contributed by atoms with Crippen molar-refractivity contribution in [2.45, 2.75) is 25.4 Å². The molecule has 154 valence electrons. The van der Waals surface area contributed by atoms with Crippen LogP contribution in [0.3, 0.4) is 0 Å². The molecule has 1 aromatic heterocycles. The van der Waals surface area contributed by atoms with Crippen LogP contribution in [-0.2, 0) is 13.1 Å². The first-order chi connectivity index (χ1) is 14.7. The molecule has 7 nitrogen and oxygen atoms in total. The van der Waals surface area contributed by atoms with Crippen LogP contribution in [0, 0.1) is 5.92 Å². The maximum absolute atomic E-state index is 12.7. The van der Waals surface area contributed by atoms with Crippen molar-refractivity contribution in [3.05, 3.63) is 71.8 Å². The van der Waals surface area contributed by atoms with Crippen LogP contribution in [0.15, 0.2) is 54.6 Å². The standard InChI is InChI=1S/C23H25N5O2/c1-30-19-9-5-6-16(12-19)13-27-14-17-10-11-28-21(20(17)15-27)25-26-22(28)23(29)24-18-7-3-2-4-8-18/h2-9,12,17,20H,10-11,13-15H2,1H3,(H,24,29)/t17-,20+/m0/s1. The fourth-order valence-corrected chi connectivity index (χ4v) is 4.68. The number of nitrogens with one attached hydrogen (secondary N) is 1. The van der Waals surface area contributed by atoms with Crippen LogP contribution in [0.4, 0.5) is 5.69 Å². The van der Waals surface area contributed by atoms with E-state index in [0.717, 1.165) is 49.9 Å². The summed E-state index contributed by atoms with van der Waals surface area (Å²) in [6.07, 6.45) is 1.04. The molecule has 5 rings (SSSR count). The molecule has 1 saturated heterocycles. The molecule has 7 heteroatoms. The van der Waals surface area contributed by atoms with E-state index in [4.69, 9.17) is 4.74 Å². The largest absolute Gasteiger partial charge is 0.497 e. The van der Waals surface area contributed by atoms with E-state index >= 15 is 0 Å². The van der Waals surface area contributed by atoms with Gasteiger partial charge in [0.25, 0.3) is 5.91 Å². The molecule has 0 aliphatic carbocycles. The van der Waals surface area contributed by atoms with Crippen molar-refractivity contribution in [2.75, 3.05) is 25.5 Å². The van der Waals surface area contributed by atoms with Crippen molar-refractivity contribution in [1.82, 2.24) is 19.7 Å². The number of rotatable bonds is 5. The van der Waals surface area contributed by atoms with E-state index in [9.17, 15) is 4.79 Å². The van der Waals surface area contributed by atoms with Crippen LogP contribution in [0.5, 0.6) is 5.75 Å². The maximum Gasteiger partial charge on any atom is 0.293 e. The number of ether oxygens (including phenoxy) is 1. The Morgan fingerprint density at radius 3 is 2.83 bits per heavy atom. The number of carbonyl (C=O) groups excluding carboxylic acids is 1. The van der Waals surface area contributed by atoms with Crippen molar-refractivity contribution in [1.29, 1.82) is 0 Å². The molecule has 3 heterocycles. The highest BCUT2D eigenvalue weighted by molar-refractivity contribution is 6.01. The minimum atomic E-state index is -0.204. The zero-order chi connectivity index (χ0) is 20.5. The van der Waals surface area contributed by atoms with Crippen molar-refractivity contribution in [2.24, 2.45) is 5.92 Å². The van der Waals surface area contributed by atoms with Crippen molar-refractivity contribution < 1.29 is 9.53 Å². The van der Waals surface area contributed by atoms with Gasteiger partial charge in [-0.05, 0) is 42.2 Å². The zero-order valence-electron chi connectivity index (χ0n) is 17.0. The van der Waals surface area contributed by atoms with Gasteiger partial charge in [-0.3, -0.25) is 9.69 Å². The number of para-hydroxylation sites is 1. The van der Waals surface area contributed by atoms with E-state index in [0.29, 0.717) is 17.7 Å². The Labute approximate surface area is 175 Å². The predicted octanol–water partition coefficient (Wildman–Crippen LogP) is 3.16. The highest BCUT2D eigenvalue weighted by Crippen LogP contribution is 2.38. The molecule has 30 heavy (non-hydrogen) atoms. The lowest BCUT2D eigenvalue weighted by atomic mass is 9.89. The first-order valence-corrected chi connectivity index (χ1v) is 10.4. The number of anilines is 1. The van der Waals surface area contributed by atoms with Gasteiger partial charge in [-0.2, -0.15) is 0 Å². The second-order valence-corrected chi connectivity index (χ2v) is 8.05. The van der Waals surface area contributed by atoms with Gasteiger partial charge in [-0.1, -0.05) is 30.3 Å². The van der Waals surface area contributed by atoms with Crippen LogP contribution in [0.2, 0.25) is 0 Å². The smallest absolute Gasteiger partial charge is 0.293 e. The molecule has 3 aromatic rings. The van der Waals surface area contributed by atoms with Crippen LogP contribution >= 0.6 is 0 Å². The van der Waals surface area contributed by atoms with Crippen molar-refractivity contribution in [3.63, 3.8) is 0 Å². The third kappa shape index (κ3) is 3.57.